The predicted molar refractivity (Wildman–Crippen MR) is 254 cm³/mol. The molecule has 0 spiro atoms. The zero-order chi connectivity index (χ0) is 38.9. The minimum atomic E-state index is 1.10. The highest BCUT2D eigenvalue weighted by Gasteiger charge is 2.22. The summed E-state index contributed by atoms with van der Waals surface area (Å²) < 4.78 is 5.12. The molecule has 0 aliphatic rings. The molecule has 2 nitrogen and oxygen atoms in total. The predicted octanol–water partition coefficient (Wildman–Crippen LogP) is 16.3. The summed E-state index contributed by atoms with van der Waals surface area (Å²) in [4.78, 5) is 2.46. The molecule has 0 aliphatic heterocycles. The maximum absolute atomic E-state index is 2.51. The van der Waals surface area contributed by atoms with Crippen LogP contribution in [0, 0.1) is 0 Å². The summed E-state index contributed by atoms with van der Waals surface area (Å²) in [6.45, 7) is 0. The van der Waals surface area contributed by atoms with Crippen molar-refractivity contribution in [1.29, 1.82) is 0 Å². The Balaban J connectivity index is 1.17. The smallest absolute Gasteiger partial charge is 0.0562 e. The van der Waals surface area contributed by atoms with E-state index in [1.54, 1.807) is 0 Å². The molecule has 0 saturated carbocycles. The SMILES string of the molecule is c1ccc(-c2ccc(-n3c4ccccc4c4ccc(N(c5cccc6ccccc56)c5cccc6ccccc56)cc43)c(-c3cccc4c3sc3ccccc34)c2)cc1. The van der Waals surface area contributed by atoms with Crippen molar-refractivity contribution < 1.29 is 0 Å². The van der Waals surface area contributed by atoms with E-state index in [1.807, 2.05) is 11.3 Å². The topological polar surface area (TPSA) is 8.17 Å². The standard InChI is InChI=1S/C56H36N2S/c1-2-15-37(16-3-1)40-31-34-53(49(35-40)48-26-14-25-47-46-24-9-11-30-55(46)59-56(47)48)58-52-27-10-8-23-44(52)45-33-32-41(36-54(45)58)57(50-28-12-19-38-17-4-6-21-42(38)50)51-29-13-20-39-18-5-7-22-43(39)51/h1-36H. The van der Waals surface area contributed by atoms with E-state index in [-0.39, 0.29) is 0 Å². The van der Waals surface area contributed by atoms with Crippen LogP contribution < -0.4 is 4.90 Å². The van der Waals surface area contributed by atoms with E-state index in [0.29, 0.717) is 0 Å². The van der Waals surface area contributed by atoms with Crippen molar-refractivity contribution >= 4 is 91.9 Å². The van der Waals surface area contributed by atoms with Crippen LogP contribution in [0.2, 0.25) is 0 Å². The molecule has 12 rings (SSSR count). The molecule has 59 heavy (non-hydrogen) atoms. The molecule has 0 bridgehead atoms. The van der Waals surface area contributed by atoms with Gasteiger partial charge in [0.25, 0.3) is 0 Å². The van der Waals surface area contributed by atoms with E-state index in [0.717, 1.165) is 28.3 Å². The molecule has 10 aromatic carbocycles. The monoisotopic (exact) mass is 768 g/mol. The third kappa shape index (κ3) is 5.40. The van der Waals surface area contributed by atoms with Gasteiger partial charge in [-0.3, -0.25) is 0 Å². The summed E-state index contributed by atoms with van der Waals surface area (Å²) in [5.74, 6) is 0. The highest BCUT2D eigenvalue weighted by Crippen LogP contribution is 2.47. The number of rotatable bonds is 6. The van der Waals surface area contributed by atoms with Gasteiger partial charge in [0.1, 0.15) is 0 Å². The van der Waals surface area contributed by atoms with E-state index < -0.39 is 0 Å². The fraction of sp³-hybridized carbons (Fsp3) is 0. The number of aromatic nitrogens is 1. The Morgan fingerprint density at radius 2 is 0.949 bits per heavy atom. The van der Waals surface area contributed by atoms with Crippen LogP contribution >= 0.6 is 11.3 Å². The number of nitrogens with zero attached hydrogens (tertiary/aromatic N) is 2. The van der Waals surface area contributed by atoms with Gasteiger partial charge in [0.2, 0.25) is 0 Å². The van der Waals surface area contributed by atoms with Gasteiger partial charge in [-0.1, -0.05) is 170 Å². The van der Waals surface area contributed by atoms with Gasteiger partial charge in [-0.25, -0.2) is 0 Å². The summed E-state index contributed by atoms with van der Waals surface area (Å²) in [5, 5.41) is 9.89. The van der Waals surface area contributed by atoms with Crippen molar-refractivity contribution in [3.63, 3.8) is 0 Å². The van der Waals surface area contributed by atoms with E-state index in [1.165, 1.54) is 80.3 Å². The highest BCUT2D eigenvalue weighted by molar-refractivity contribution is 7.26. The van der Waals surface area contributed by atoms with Gasteiger partial charge in [0.05, 0.1) is 28.1 Å². The van der Waals surface area contributed by atoms with Crippen molar-refractivity contribution in [2.24, 2.45) is 0 Å². The molecule has 3 heteroatoms. The molecule has 0 unspecified atom stereocenters. The minimum Gasteiger partial charge on any atom is -0.309 e. The molecule has 276 valence electrons. The minimum absolute atomic E-state index is 1.10. The van der Waals surface area contributed by atoms with E-state index in [2.05, 4.69) is 228 Å². The molecule has 0 aliphatic carbocycles. The second-order valence-electron chi connectivity index (χ2n) is 15.3. The van der Waals surface area contributed by atoms with Crippen LogP contribution in [0.3, 0.4) is 0 Å². The first-order valence-electron chi connectivity index (χ1n) is 20.2. The van der Waals surface area contributed by atoms with Gasteiger partial charge in [-0.05, 0) is 70.4 Å². The van der Waals surface area contributed by atoms with Crippen molar-refractivity contribution in [1.82, 2.24) is 4.57 Å². The lowest BCUT2D eigenvalue weighted by Gasteiger charge is -2.28. The summed E-state index contributed by atoms with van der Waals surface area (Å²) in [6.07, 6.45) is 0. The third-order valence-electron chi connectivity index (χ3n) is 12.0. The molecule has 2 heterocycles. The average Bonchev–Trinajstić information content (AvgIpc) is 3.85. The molecule has 12 aromatic rings. The molecule has 0 atom stereocenters. The molecular formula is C56H36N2S. The largest absolute Gasteiger partial charge is 0.309 e. The molecule has 2 aromatic heterocycles. The maximum Gasteiger partial charge on any atom is 0.0562 e. The van der Waals surface area contributed by atoms with Gasteiger partial charge in [0.15, 0.2) is 0 Å². The van der Waals surface area contributed by atoms with E-state index in [4.69, 9.17) is 0 Å². The number of hydrogen-bond donors (Lipinski definition) is 0. The van der Waals surface area contributed by atoms with E-state index in [9.17, 15) is 0 Å². The third-order valence-corrected chi connectivity index (χ3v) is 13.2. The molecular weight excluding hydrogens is 733 g/mol. The Labute approximate surface area is 346 Å². The first-order valence-corrected chi connectivity index (χ1v) is 21.0. The lowest BCUT2D eigenvalue weighted by Crippen LogP contribution is -2.11. The summed E-state index contributed by atoms with van der Waals surface area (Å²) >= 11 is 1.89. The number of benzene rings is 10. The molecule has 0 N–H and O–H groups in total. The average molecular weight is 769 g/mol. The Hall–Kier alpha value is -7.46. The number of para-hydroxylation sites is 1. The Bertz CT molecular complexity index is 3490. The van der Waals surface area contributed by atoms with Crippen molar-refractivity contribution in [2.75, 3.05) is 4.90 Å². The van der Waals surface area contributed by atoms with Crippen molar-refractivity contribution in [3.8, 4) is 27.9 Å². The summed E-state index contributed by atoms with van der Waals surface area (Å²) in [6, 6.07) is 80.1. The van der Waals surface area contributed by atoms with Crippen molar-refractivity contribution in [2.45, 2.75) is 0 Å². The zero-order valence-electron chi connectivity index (χ0n) is 32.1. The van der Waals surface area contributed by atoms with Crippen molar-refractivity contribution in [3.05, 3.63) is 218 Å². The van der Waals surface area contributed by atoms with Crippen LogP contribution in [0.4, 0.5) is 17.1 Å². The Morgan fingerprint density at radius 1 is 0.356 bits per heavy atom. The van der Waals surface area contributed by atoms with Gasteiger partial charge in [-0.15, -0.1) is 11.3 Å². The summed E-state index contributed by atoms with van der Waals surface area (Å²) in [5.41, 5.74) is 11.7. The fourth-order valence-corrected chi connectivity index (χ4v) is 10.5. The highest BCUT2D eigenvalue weighted by atomic mass is 32.1. The normalized spacial score (nSPS) is 11.7. The number of hydrogen-bond acceptors (Lipinski definition) is 2. The molecule has 0 saturated heterocycles. The van der Waals surface area contributed by atoms with Crippen LogP contribution in [0.15, 0.2) is 218 Å². The van der Waals surface area contributed by atoms with Gasteiger partial charge in [-0.2, -0.15) is 0 Å². The van der Waals surface area contributed by atoms with Gasteiger partial charge in [0, 0.05) is 58.5 Å². The summed E-state index contributed by atoms with van der Waals surface area (Å²) in [7, 11) is 0. The number of fused-ring (bicyclic) bond motifs is 8. The van der Waals surface area contributed by atoms with Crippen LogP contribution in [-0.2, 0) is 0 Å². The second-order valence-corrected chi connectivity index (χ2v) is 16.3. The Morgan fingerprint density at radius 3 is 1.71 bits per heavy atom. The Kier molecular flexibility index (Phi) is 7.75. The maximum atomic E-state index is 2.51. The number of thiophene rings is 1. The first-order chi connectivity index (χ1) is 29.3. The van der Waals surface area contributed by atoms with Gasteiger partial charge < -0.3 is 9.47 Å². The number of anilines is 3. The van der Waals surface area contributed by atoms with Gasteiger partial charge >= 0.3 is 0 Å². The molecule has 0 radical (unpaired) electrons. The quantitative estimate of drug-likeness (QED) is 0.164. The molecule has 0 fully saturated rings. The zero-order valence-corrected chi connectivity index (χ0v) is 32.9. The van der Waals surface area contributed by atoms with E-state index >= 15 is 0 Å². The van der Waals surface area contributed by atoms with Crippen LogP contribution in [-0.4, -0.2) is 4.57 Å². The van der Waals surface area contributed by atoms with Crippen LogP contribution in [0.25, 0.3) is 91.5 Å². The lowest BCUT2D eigenvalue weighted by molar-refractivity contribution is 1.18. The van der Waals surface area contributed by atoms with Crippen LogP contribution in [0.5, 0.6) is 0 Å². The second kappa shape index (κ2) is 13.6. The first kappa shape index (κ1) is 33.7. The fourth-order valence-electron chi connectivity index (χ4n) is 9.29. The van der Waals surface area contributed by atoms with Crippen LogP contribution in [0.1, 0.15) is 0 Å². The lowest BCUT2D eigenvalue weighted by atomic mass is 9.96. The molecule has 0 amide bonds.